The zero-order valence-electron chi connectivity index (χ0n) is 56.1. The molecule has 3 nitrogen and oxygen atoms in total. The Bertz CT molecular complexity index is 6210. The molecule has 20 rings (SSSR count). The summed E-state index contributed by atoms with van der Waals surface area (Å²) in [5.41, 5.74) is 29.5. The summed E-state index contributed by atoms with van der Waals surface area (Å²) >= 11 is 1.89. The van der Waals surface area contributed by atoms with Crippen molar-refractivity contribution in [2.45, 2.75) is 26.2 Å². The number of nitrogens with zero attached hydrogens (tertiary/aromatic N) is 2. The highest BCUT2D eigenvalue weighted by molar-refractivity contribution is 7.26. The Kier molecular flexibility index (Phi) is 13.5. The van der Waals surface area contributed by atoms with Gasteiger partial charge in [-0.25, -0.2) is 0 Å². The third kappa shape index (κ3) is 9.27. The summed E-state index contributed by atoms with van der Waals surface area (Å²) < 4.78 is 9.49. The van der Waals surface area contributed by atoms with Gasteiger partial charge in [0.2, 0.25) is 0 Å². The molecule has 101 heavy (non-hydrogen) atoms. The van der Waals surface area contributed by atoms with Crippen LogP contribution in [0.4, 0.5) is 34.1 Å². The molecule has 0 fully saturated rings. The molecule has 0 unspecified atom stereocenters. The third-order valence-corrected chi connectivity index (χ3v) is 22.6. The lowest BCUT2D eigenvalue weighted by Gasteiger charge is -2.46. The highest BCUT2D eigenvalue weighted by Crippen LogP contribution is 2.56. The number of furan rings is 1. The van der Waals surface area contributed by atoms with Gasteiger partial charge in [0.1, 0.15) is 11.2 Å². The summed E-state index contributed by atoms with van der Waals surface area (Å²) in [6.07, 6.45) is 0. The maximum atomic E-state index is 6.91. The van der Waals surface area contributed by atoms with E-state index < -0.39 is 0 Å². The van der Waals surface area contributed by atoms with Crippen molar-refractivity contribution in [2.24, 2.45) is 0 Å². The summed E-state index contributed by atoms with van der Waals surface area (Å²) in [5, 5.41) is 9.49. The van der Waals surface area contributed by atoms with Crippen LogP contribution >= 0.6 is 11.3 Å². The molecule has 0 aliphatic carbocycles. The van der Waals surface area contributed by atoms with Gasteiger partial charge in [0.25, 0.3) is 6.71 Å². The molecule has 474 valence electrons. The van der Waals surface area contributed by atoms with Crippen molar-refractivity contribution < 1.29 is 4.42 Å². The van der Waals surface area contributed by atoms with Crippen molar-refractivity contribution in [3.63, 3.8) is 0 Å². The molecule has 0 bridgehead atoms. The first-order valence-corrected chi connectivity index (χ1v) is 35.9. The van der Waals surface area contributed by atoms with Crippen molar-refractivity contribution in [3.8, 4) is 77.9 Å². The number of anilines is 6. The van der Waals surface area contributed by atoms with Crippen LogP contribution < -0.4 is 26.2 Å². The lowest BCUT2D eigenvalue weighted by atomic mass is 9.33. The van der Waals surface area contributed by atoms with Gasteiger partial charge in [-0.15, -0.1) is 11.3 Å². The van der Waals surface area contributed by atoms with E-state index in [1.807, 2.05) is 11.3 Å². The number of rotatable bonds is 9. The molecule has 2 aliphatic heterocycles. The number of para-hydroxylation sites is 4. The van der Waals surface area contributed by atoms with Crippen molar-refractivity contribution in [1.29, 1.82) is 0 Å². The average molecular weight is 1310 g/mol. The topological polar surface area (TPSA) is 19.6 Å². The van der Waals surface area contributed by atoms with Crippen molar-refractivity contribution in [1.82, 2.24) is 0 Å². The molecule has 4 heterocycles. The monoisotopic (exact) mass is 1300 g/mol. The second-order valence-corrected chi connectivity index (χ2v) is 29.2. The molecule has 16 aromatic carbocycles. The van der Waals surface area contributed by atoms with Crippen LogP contribution in [0.3, 0.4) is 0 Å². The minimum absolute atomic E-state index is 0.240. The quantitative estimate of drug-likeness (QED) is 0.106. The van der Waals surface area contributed by atoms with Crippen LogP contribution in [0.2, 0.25) is 0 Å². The van der Waals surface area contributed by atoms with E-state index >= 15 is 0 Å². The maximum Gasteiger partial charge on any atom is 0.252 e. The van der Waals surface area contributed by atoms with Gasteiger partial charge in [0.15, 0.2) is 0 Å². The Morgan fingerprint density at radius 2 is 0.733 bits per heavy atom. The highest BCUT2D eigenvalue weighted by Gasteiger charge is 2.46. The smallest absolute Gasteiger partial charge is 0.252 e. The van der Waals surface area contributed by atoms with E-state index in [1.165, 1.54) is 85.9 Å². The normalized spacial score (nSPS) is 12.6. The van der Waals surface area contributed by atoms with Gasteiger partial charge in [-0.2, -0.15) is 0 Å². The Balaban J connectivity index is 0.935. The number of benzene rings is 16. The van der Waals surface area contributed by atoms with Crippen LogP contribution in [-0.4, -0.2) is 6.71 Å². The fourth-order valence-corrected chi connectivity index (χ4v) is 18.1. The van der Waals surface area contributed by atoms with Gasteiger partial charge in [-0.3, -0.25) is 0 Å². The second-order valence-electron chi connectivity index (χ2n) is 28.1. The predicted molar refractivity (Wildman–Crippen MR) is 432 cm³/mol. The Labute approximate surface area is 591 Å². The second kappa shape index (κ2) is 23.2. The minimum atomic E-state index is -0.303. The number of hydrogen-bond donors (Lipinski definition) is 0. The van der Waals surface area contributed by atoms with Crippen LogP contribution in [0, 0.1) is 0 Å². The first-order valence-electron chi connectivity index (χ1n) is 35.1. The molecule has 0 amide bonds. The molecule has 0 N–H and O–H groups in total. The van der Waals surface area contributed by atoms with Gasteiger partial charge < -0.3 is 14.2 Å². The van der Waals surface area contributed by atoms with Gasteiger partial charge >= 0.3 is 0 Å². The molecule has 0 atom stereocenters. The van der Waals surface area contributed by atoms with E-state index in [2.05, 4.69) is 370 Å². The van der Waals surface area contributed by atoms with Crippen LogP contribution in [0.1, 0.15) is 26.3 Å². The molecule has 5 heteroatoms. The molecule has 2 aliphatic rings. The zero-order chi connectivity index (χ0) is 67.0. The number of thiophene rings is 1. The van der Waals surface area contributed by atoms with Gasteiger partial charge in [0.05, 0.1) is 11.4 Å². The molecule has 0 radical (unpaired) electrons. The molecule has 2 aromatic heterocycles. The van der Waals surface area contributed by atoms with Gasteiger partial charge in [0, 0.05) is 87.1 Å². The highest BCUT2D eigenvalue weighted by atomic mass is 32.1. The van der Waals surface area contributed by atoms with E-state index in [0.717, 1.165) is 112 Å². The summed E-state index contributed by atoms with van der Waals surface area (Å²) in [7, 11) is 0. The Morgan fingerprint density at radius 3 is 1.29 bits per heavy atom. The van der Waals surface area contributed by atoms with E-state index in [0.29, 0.717) is 0 Å². The average Bonchev–Trinajstić information content (AvgIpc) is 1.21. The number of fused-ring (bicyclic) bond motifs is 12. The third-order valence-electron chi connectivity index (χ3n) is 21.4. The number of hydrogen-bond acceptors (Lipinski definition) is 4. The van der Waals surface area contributed by atoms with Crippen molar-refractivity contribution >= 4 is 132 Å². The first kappa shape index (κ1) is 58.8. The molecule has 0 saturated carbocycles. The van der Waals surface area contributed by atoms with Crippen LogP contribution in [0.15, 0.2) is 344 Å². The van der Waals surface area contributed by atoms with E-state index in [9.17, 15) is 0 Å². The van der Waals surface area contributed by atoms with Crippen LogP contribution in [-0.2, 0) is 5.41 Å². The Morgan fingerprint density at radius 1 is 0.297 bits per heavy atom. The van der Waals surface area contributed by atoms with Gasteiger partial charge in [-0.05, 0) is 130 Å². The Hall–Kier alpha value is -12.3. The fourth-order valence-electron chi connectivity index (χ4n) is 16.9. The first-order chi connectivity index (χ1) is 49.8. The SMILES string of the molecule is CC(C)(C)c1cc2c3c(c1)N(c1c(-c4ccccc4)cccc1-c1ccccc1)c1cc(-c4c5ccccc5c(-c5cccc6c5oc5ccccc56)c5ccccc45)ccc1B3c1cc(-c3cccc4c3sc3ccccc34)ccc1N2c1c(-c2ccccc2)cccc1-c1ccccc1. The largest absolute Gasteiger partial charge is 0.455 e. The van der Waals surface area contributed by atoms with E-state index in [4.69, 9.17) is 4.42 Å². The molecular formula is C96H65BN2OS. The maximum absolute atomic E-state index is 6.91. The zero-order valence-corrected chi connectivity index (χ0v) is 56.9. The molecular weight excluding hydrogens is 1240 g/mol. The summed E-state index contributed by atoms with van der Waals surface area (Å²) in [4.78, 5) is 5.39. The standard InChI is InChI=1S/C96H65BN2OS/c1-96(2,3)66-58-85-91-86(59-66)99(93-69(62-32-12-6-13-33-62)44-25-45-70(93)63-34-14-7-15-35-63)84-57-65(89-74-38-16-18-40-76(74)90(77-41-19-17-39-75(77)89)80-49-27-47-78-72-36-20-22-50-87(72)100-94(78)80)52-54-81(84)97(91)82-56-64(71-46-26-48-79-73-37-21-23-51-88(73)101-95(71)79)53-55-83(82)98(85)92-67(60-28-8-4-9-29-60)42-24-43-68(92)61-30-10-5-11-31-61/h4-59H,1-3H3. The minimum Gasteiger partial charge on any atom is -0.455 e. The molecule has 18 aromatic rings. The fraction of sp³-hybridized carbons (Fsp3) is 0.0417. The van der Waals surface area contributed by atoms with Gasteiger partial charge in [-0.1, -0.05) is 324 Å². The lowest BCUT2D eigenvalue weighted by molar-refractivity contribution is 0.590. The van der Waals surface area contributed by atoms with Crippen molar-refractivity contribution in [3.05, 3.63) is 345 Å². The molecule has 0 spiro atoms. The summed E-state index contributed by atoms with van der Waals surface area (Å²) in [6.45, 7) is 6.91. The summed E-state index contributed by atoms with van der Waals surface area (Å²) in [6, 6.07) is 127. The lowest BCUT2D eigenvalue weighted by Crippen LogP contribution is -2.61. The van der Waals surface area contributed by atoms with Crippen LogP contribution in [0.5, 0.6) is 0 Å². The van der Waals surface area contributed by atoms with E-state index in [-0.39, 0.29) is 12.1 Å². The van der Waals surface area contributed by atoms with E-state index in [1.54, 1.807) is 0 Å². The van der Waals surface area contributed by atoms with Crippen LogP contribution in [0.25, 0.3) is 142 Å². The predicted octanol–water partition coefficient (Wildman–Crippen LogP) is 25.3. The summed E-state index contributed by atoms with van der Waals surface area (Å²) in [5.74, 6) is 0. The molecule has 0 saturated heterocycles. The van der Waals surface area contributed by atoms with Crippen molar-refractivity contribution in [2.75, 3.05) is 9.80 Å².